The first kappa shape index (κ1) is 16.3. The molecule has 0 aliphatic heterocycles. The number of fused-ring (bicyclic) bond motifs is 3. The normalized spacial score (nSPS) is 11.3. The summed E-state index contributed by atoms with van der Waals surface area (Å²) in [5, 5.41) is 9.92. The zero-order valence-electron chi connectivity index (χ0n) is 15.3. The van der Waals surface area contributed by atoms with Gasteiger partial charge in [0.2, 0.25) is 5.95 Å². The van der Waals surface area contributed by atoms with E-state index in [1.165, 1.54) is 0 Å². The summed E-state index contributed by atoms with van der Waals surface area (Å²) < 4.78 is 8.96. The first-order valence-corrected chi connectivity index (χ1v) is 8.93. The van der Waals surface area contributed by atoms with Gasteiger partial charge in [-0.15, -0.1) is 0 Å². The highest BCUT2D eigenvalue weighted by molar-refractivity contribution is 5.97. The van der Waals surface area contributed by atoms with Crippen LogP contribution in [0.25, 0.3) is 22.1 Å². The molecule has 0 aliphatic carbocycles. The minimum atomic E-state index is 0.337. The number of ether oxygens (including phenoxy) is 1. The van der Waals surface area contributed by atoms with Gasteiger partial charge in [0, 0.05) is 24.2 Å². The van der Waals surface area contributed by atoms with E-state index in [9.17, 15) is 0 Å². The van der Waals surface area contributed by atoms with Gasteiger partial charge < -0.3 is 10.5 Å². The molecular formula is C21H18N6O. The van der Waals surface area contributed by atoms with Crippen LogP contribution in [0.2, 0.25) is 0 Å². The maximum Gasteiger partial charge on any atom is 0.222 e. The van der Waals surface area contributed by atoms with Gasteiger partial charge in [0.1, 0.15) is 11.3 Å². The number of nitrogens with two attached hydrogens (primary N) is 1. The molecule has 7 nitrogen and oxygen atoms in total. The van der Waals surface area contributed by atoms with Crippen LogP contribution in [-0.4, -0.2) is 31.5 Å². The SMILES string of the molecule is COc1cccc2c1nc(N)n1nc(Cc3cccc(-n4cccn4)c3)cc21. The quantitative estimate of drug-likeness (QED) is 0.525. The number of nitrogen functional groups attached to an aromatic ring is 1. The summed E-state index contributed by atoms with van der Waals surface area (Å²) in [6.45, 7) is 0. The van der Waals surface area contributed by atoms with Crippen molar-refractivity contribution in [2.75, 3.05) is 12.8 Å². The molecule has 0 radical (unpaired) electrons. The van der Waals surface area contributed by atoms with Gasteiger partial charge in [-0.2, -0.15) is 14.7 Å². The third kappa shape index (κ3) is 2.64. The molecule has 0 saturated carbocycles. The second-order valence-corrected chi connectivity index (χ2v) is 6.56. The number of rotatable bonds is 4. The molecule has 5 rings (SSSR count). The summed E-state index contributed by atoms with van der Waals surface area (Å²) >= 11 is 0. The molecule has 0 atom stereocenters. The van der Waals surface area contributed by atoms with Crippen LogP contribution in [0, 0.1) is 0 Å². The molecule has 0 spiro atoms. The number of para-hydroxylation sites is 1. The van der Waals surface area contributed by atoms with Crippen molar-refractivity contribution < 1.29 is 4.74 Å². The van der Waals surface area contributed by atoms with Crippen LogP contribution in [0.5, 0.6) is 5.75 Å². The van der Waals surface area contributed by atoms with Gasteiger partial charge in [0.15, 0.2) is 0 Å². The first-order valence-electron chi connectivity index (χ1n) is 8.93. The van der Waals surface area contributed by atoms with Gasteiger partial charge in [-0.05, 0) is 35.9 Å². The minimum Gasteiger partial charge on any atom is -0.494 e. The summed E-state index contributed by atoms with van der Waals surface area (Å²) in [6.07, 6.45) is 4.38. The molecule has 0 bridgehead atoms. The molecule has 3 heterocycles. The molecule has 5 aromatic rings. The van der Waals surface area contributed by atoms with Crippen LogP contribution < -0.4 is 10.5 Å². The van der Waals surface area contributed by atoms with Crippen LogP contribution in [0.15, 0.2) is 67.0 Å². The number of hydrogen-bond donors (Lipinski definition) is 1. The lowest BCUT2D eigenvalue weighted by Crippen LogP contribution is -2.03. The van der Waals surface area contributed by atoms with E-state index < -0.39 is 0 Å². The van der Waals surface area contributed by atoms with Crippen LogP contribution in [0.3, 0.4) is 0 Å². The fourth-order valence-corrected chi connectivity index (χ4v) is 3.49. The van der Waals surface area contributed by atoms with Crippen molar-refractivity contribution in [3.8, 4) is 11.4 Å². The molecule has 28 heavy (non-hydrogen) atoms. The molecule has 7 heteroatoms. The van der Waals surface area contributed by atoms with Gasteiger partial charge in [0.25, 0.3) is 0 Å². The monoisotopic (exact) mass is 370 g/mol. The predicted molar refractivity (Wildman–Crippen MR) is 108 cm³/mol. The van der Waals surface area contributed by atoms with E-state index in [0.717, 1.165) is 33.4 Å². The Balaban J connectivity index is 1.58. The maximum atomic E-state index is 6.16. The summed E-state index contributed by atoms with van der Waals surface area (Å²) in [4.78, 5) is 4.48. The number of benzene rings is 2. The van der Waals surface area contributed by atoms with Crippen molar-refractivity contribution in [2.24, 2.45) is 0 Å². The van der Waals surface area contributed by atoms with E-state index in [2.05, 4.69) is 33.4 Å². The summed E-state index contributed by atoms with van der Waals surface area (Å²) in [5.41, 5.74) is 10.9. The Kier molecular flexibility index (Phi) is 3.72. The molecule has 0 unspecified atom stereocenters. The summed E-state index contributed by atoms with van der Waals surface area (Å²) in [6, 6.07) is 18.0. The molecule has 3 aromatic heterocycles. The largest absolute Gasteiger partial charge is 0.494 e. The van der Waals surface area contributed by atoms with E-state index in [-0.39, 0.29) is 0 Å². The van der Waals surface area contributed by atoms with E-state index in [1.807, 2.05) is 47.3 Å². The number of hydrogen-bond acceptors (Lipinski definition) is 5. The van der Waals surface area contributed by atoms with Crippen LogP contribution >= 0.6 is 0 Å². The molecular weight excluding hydrogens is 352 g/mol. The van der Waals surface area contributed by atoms with Gasteiger partial charge in [0.05, 0.1) is 24.0 Å². The van der Waals surface area contributed by atoms with Crippen molar-refractivity contribution in [1.82, 2.24) is 24.4 Å². The fourth-order valence-electron chi connectivity index (χ4n) is 3.49. The highest BCUT2D eigenvalue weighted by atomic mass is 16.5. The Bertz CT molecular complexity index is 1290. The molecule has 2 N–H and O–H groups in total. The second-order valence-electron chi connectivity index (χ2n) is 6.56. The zero-order chi connectivity index (χ0) is 19.1. The van der Waals surface area contributed by atoms with Gasteiger partial charge >= 0.3 is 0 Å². The average molecular weight is 370 g/mol. The summed E-state index contributed by atoms with van der Waals surface area (Å²) in [7, 11) is 1.63. The highest BCUT2D eigenvalue weighted by Gasteiger charge is 2.13. The van der Waals surface area contributed by atoms with Crippen molar-refractivity contribution in [3.63, 3.8) is 0 Å². The van der Waals surface area contributed by atoms with Crippen LogP contribution in [0.4, 0.5) is 5.95 Å². The Morgan fingerprint density at radius 3 is 2.79 bits per heavy atom. The predicted octanol–water partition coefficient (Wildman–Crippen LogP) is 3.25. The van der Waals surface area contributed by atoms with Crippen LogP contribution in [-0.2, 0) is 6.42 Å². The Morgan fingerprint density at radius 2 is 1.96 bits per heavy atom. The zero-order valence-corrected chi connectivity index (χ0v) is 15.3. The number of nitrogens with zero attached hydrogens (tertiary/aromatic N) is 5. The third-order valence-electron chi connectivity index (χ3n) is 4.76. The average Bonchev–Trinajstić information content (AvgIpc) is 3.38. The number of anilines is 1. The topological polar surface area (TPSA) is 83.3 Å². The lowest BCUT2D eigenvalue weighted by molar-refractivity contribution is 0.419. The third-order valence-corrected chi connectivity index (χ3v) is 4.76. The van der Waals surface area contributed by atoms with E-state index in [4.69, 9.17) is 10.5 Å². The lowest BCUT2D eigenvalue weighted by Gasteiger charge is -2.07. The maximum absolute atomic E-state index is 6.16. The molecule has 2 aromatic carbocycles. The number of aromatic nitrogens is 5. The number of methoxy groups -OCH3 is 1. The molecule has 0 aliphatic rings. The van der Waals surface area contributed by atoms with E-state index >= 15 is 0 Å². The molecule has 0 amide bonds. The summed E-state index contributed by atoms with van der Waals surface area (Å²) in [5.74, 6) is 1.03. The molecule has 138 valence electrons. The smallest absolute Gasteiger partial charge is 0.222 e. The van der Waals surface area contributed by atoms with Gasteiger partial charge in [-0.1, -0.05) is 24.3 Å². The second kappa shape index (κ2) is 6.38. The first-order chi connectivity index (χ1) is 13.7. The Morgan fingerprint density at radius 1 is 1.07 bits per heavy atom. The van der Waals surface area contributed by atoms with Crippen molar-refractivity contribution in [3.05, 3.63) is 78.2 Å². The van der Waals surface area contributed by atoms with E-state index in [1.54, 1.807) is 17.8 Å². The minimum absolute atomic E-state index is 0.337. The van der Waals surface area contributed by atoms with Crippen molar-refractivity contribution in [2.45, 2.75) is 6.42 Å². The van der Waals surface area contributed by atoms with Crippen molar-refractivity contribution in [1.29, 1.82) is 0 Å². The van der Waals surface area contributed by atoms with Gasteiger partial charge in [-0.3, -0.25) is 0 Å². The highest BCUT2D eigenvalue weighted by Crippen LogP contribution is 2.29. The standard InChI is InChI=1S/C21H18N6O/c1-28-19-8-3-7-17-18-13-15(25-27(18)21(22)24-20(17)19)11-14-5-2-6-16(12-14)26-10-4-9-23-26/h2-10,12-13H,11H2,1H3,(H2,22,24). The van der Waals surface area contributed by atoms with Gasteiger partial charge in [-0.25, -0.2) is 9.67 Å². The van der Waals surface area contributed by atoms with Crippen molar-refractivity contribution >= 4 is 22.4 Å². The Hall–Kier alpha value is -3.87. The fraction of sp³-hybridized carbons (Fsp3) is 0.0952. The van der Waals surface area contributed by atoms with E-state index in [0.29, 0.717) is 18.1 Å². The molecule has 0 saturated heterocycles. The molecule has 0 fully saturated rings. The van der Waals surface area contributed by atoms with Crippen LogP contribution in [0.1, 0.15) is 11.3 Å². The Labute approximate surface area is 161 Å². The lowest BCUT2D eigenvalue weighted by atomic mass is 10.1.